The molecule has 10 rings (SSSR count). The van der Waals surface area contributed by atoms with E-state index < -0.39 is 25.8 Å². The summed E-state index contributed by atoms with van der Waals surface area (Å²) in [5.74, 6) is 0. The summed E-state index contributed by atoms with van der Waals surface area (Å²) in [6.45, 7) is 14.4. The van der Waals surface area contributed by atoms with Crippen molar-refractivity contribution in [2.24, 2.45) is 0 Å². The molecule has 0 unspecified atom stereocenters. The predicted octanol–water partition coefficient (Wildman–Crippen LogP) is 6.81. The Kier molecular flexibility index (Phi) is 11.0. The van der Waals surface area contributed by atoms with Gasteiger partial charge in [0.25, 0.3) is 0 Å². The molecule has 0 saturated heterocycles. The minimum atomic E-state index is -2.49. The maximum atomic E-state index is 4.99. The van der Waals surface area contributed by atoms with Gasteiger partial charge in [-0.2, -0.15) is 0 Å². The molecule has 0 aliphatic heterocycles. The summed E-state index contributed by atoms with van der Waals surface area (Å²) in [5, 5.41) is 12.3. The van der Waals surface area contributed by atoms with E-state index in [0.29, 0.717) is 7.25 Å². The van der Waals surface area contributed by atoms with Crippen molar-refractivity contribution in [2.45, 2.75) is 48.0 Å². The van der Waals surface area contributed by atoms with Gasteiger partial charge < -0.3 is 24.8 Å². The van der Waals surface area contributed by atoms with Crippen molar-refractivity contribution in [3.63, 3.8) is 0 Å². The van der Waals surface area contributed by atoms with Gasteiger partial charge in [-0.05, 0) is 0 Å². The summed E-state index contributed by atoms with van der Waals surface area (Å²) in [7, 11) is 0. The third-order valence-corrected chi connectivity index (χ3v) is 31.9. The molecule has 0 bridgehead atoms. The SMILES string of the molecule is CC1=Cc2c(-c3ccc(C)cc3)cc(-n3ncc4ccccc43)cc2[C@@H]1[Zr+2]([C@H]1C(C)=Cc2c(-c3ccc(C)cc3)cc(-n3ncc4ccccc43)cc21)=[Si](C)C.[Cl-].[Cl-]. The van der Waals surface area contributed by atoms with E-state index in [1.165, 1.54) is 66.8 Å². The van der Waals surface area contributed by atoms with Gasteiger partial charge in [-0.1, -0.05) is 0 Å². The van der Waals surface area contributed by atoms with Gasteiger partial charge in [0.15, 0.2) is 0 Å². The molecule has 2 aromatic heterocycles. The smallest absolute Gasteiger partial charge is 1.00 e. The molecule has 2 aliphatic rings. The average Bonchev–Trinajstić information content (AvgIpc) is 3.98. The molecule has 0 amide bonds. The number of nitrogens with zero attached hydrogens (tertiary/aromatic N) is 4. The van der Waals surface area contributed by atoms with Crippen molar-refractivity contribution < 1.29 is 45.2 Å². The van der Waals surface area contributed by atoms with Gasteiger partial charge in [0, 0.05) is 0 Å². The molecule has 2 heterocycles. The molecule has 4 nitrogen and oxygen atoms in total. The molecule has 0 fully saturated rings. The molecule has 8 heteroatoms. The van der Waals surface area contributed by atoms with E-state index in [0.717, 1.165) is 33.2 Å². The van der Waals surface area contributed by atoms with Crippen LogP contribution in [0.4, 0.5) is 0 Å². The molecule has 6 aromatic carbocycles. The molecule has 8 aromatic rings. The monoisotopic (exact) mass is 888 g/mol. The maximum absolute atomic E-state index is 4.99. The molecular weight excluding hydrogens is 847 g/mol. The topological polar surface area (TPSA) is 35.6 Å². The Morgan fingerprint density at radius 2 is 0.914 bits per heavy atom. The summed E-state index contributed by atoms with van der Waals surface area (Å²) < 4.78 is 5.24. The van der Waals surface area contributed by atoms with E-state index in [-0.39, 0.29) is 24.8 Å². The molecule has 0 radical (unpaired) electrons. The van der Waals surface area contributed by atoms with Crippen LogP contribution in [0.15, 0.2) is 145 Å². The van der Waals surface area contributed by atoms with Crippen LogP contribution in [0.3, 0.4) is 0 Å². The van der Waals surface area contributed by atoms with E-state index in [4.69, 9.17) is 10.2 Å². The first kappa shape index (κ1) is 40.2. The molecule has 2 aliphatic carbocycles. The number of para-hydroxylation sites is 2. The second-order valence-corrected chi connectivity index (χ2v) is 33.9. The Bertz CT molecular complexity index is 2790. The van der Waals surface area contributed by atoms with E-state index >= 15 is 0 Å². The summed E-state index contributed by atoms with van der Waals surface area (Å²) in [4.78, 5) is 0. The fourth-order valence-corrected chi connectivity index (χ4v) is 30.0. The van der Waals surface area contributed by atoms with Crippen LogP contribution in [0.25, 0.3) is 67.6 Å². The van der Waals surface area contributed by atoms with E-state index in [1.54, 1.807) is 0 Å². The second kappa shape index (κ2) is 15.9. The van der Waals surface area contributed by atoms with Gasteiger partial charge in [-0.25, -0.2) is 0 Å². The first-order valence-electron chi connectivity index (χ1n) is 19.6. The van der Waals surface area contributed by atoms with Crippen LogP contribution in [-0.2, 0) is 20.4 Å². The van der Waals surface area contributed by atoms with Crippen LogP contribution in [0.2, 0.25) is 13.1 Å². The fraction of sp³-hybridized carbons (Fsp3) is 0.160. The minimum Gasteiger partial charge on any atom is -1.00 e. The van der Waals surface area contributed by atoms with Crippen LogP contribution in [0.5, 0.6) is 0 Å². The summed E-state index contributed by atoms with van der Waals surface area (Å²) in [6.07, 6.45) is 9.10. The number of halogens is 2. The van der Waals surface area contributed by atoms with Gasteiger partial charge in [-0.3, -0.25) is 0 Å². The van der Waals surface area contributed by atoms with Crippen molar-refractivity contribution in [3.8, 4) is 33.6 Å². The van der Waals surface area contributed by atoms with Crippen molar-refractivity contribution >= 4 is 39.4 Å². The van der Waals surface area contributed by atoms with Crippen molar-refractivity contribution in [3.05, 3.63) is 178 Å². The molecular formula is C50H44Cl2N4SiZr. The zero-order valence-electron chi connectivity index (χ0n) is 33.6. The number of aromatic nitrogens is 4. The average molecular weight is 891 g/mol. The van der Waals surface area contributed by atoms with Crippen molar-refractivity contribution in [1.82, 2.24) is 19.6 Å². The number of aryl methyl sites for hydroxylation is 2. The van der Waals surface area contributed by atoms with E-state index in [1.807, 2.05) is 12.4 Å². The normalized spacial score (nSPS) is 15.2. The largest absolute Gasteiger partial charge is 1.00 e. The summed E-state index contributed by atoms with van der Waals surface area (Å²) in [6, 6.07) is 45.1. The Hall–Kier alpha value is -4.58. The van der Waals surface area contributed by atoms with Crippen LogP contribution >= 0.6 is 0 Å². The van der Waals surface area contributed by atoms with Crippen LogP contribution in [0, 0.1) is 13.8 Å². The number of fused-ring (bicyclic) bond motifs is 4. The Labute approximate surface area is 361 Å². The minimum absolute atomic E-state index is 0. The Morgan fingerprint density at radius 3 is 1.31 bits per heavy atom. The first-order chi connectivity index (χ1) is 27.2. The van der Waals surface area contributed by atoms with Gasteiger partial charge >= 0.3 is 339 Å². The standard InChI is InChI=1S/2C24H19N2.C2H6Si.2ClH.Zr/c2*1-16-7-9-18(10-8-16)23-14-21(13-20-11-17(2)12-22(20)23)26-24-6-4-3-5-19(24)15-25-26;1-3-2;;;/h2*3-15H,1-2H3;1-2H3;2*1H;/q;;;;;+2/p-2. The van der Waals surface area contributed by atoms with Gasteiger partial charge in [0.1, 0.15) is 0 Å². The van der Waals surface area contributed by atoms with Crippen LogP contribution < -0.4 is 24.8 Å². The summed E-state index contributed by atoms with van der Waals surface area (Å²) in [5.41, 5.74) is 20.4. The Balaban J connectivity index is 0.00000235. The predicted molar refractivity (Wildman–Crippen MR) is 233 cm³/mol. The molecule has 58 heavy (non-hydrogen) atoms. The second-order valence-electron chi connectivity index (χ2n) is 16.1. The molecule has 0 spiro atoms. The first-order valence-corrected chi connectivity index (χ1v) is 28.7. The van der Waals surface area contributed by atoms with E-state index in [9.17, 15) is 0 Å². The third-order valence-electron chi connectivity index (χ3n) is 12.0. The summed E-state index contributed by atoms with van der Waals surface area (Å²) >= 11 is -2.49. The molecule has 286 valence electrons. The maximum Gasteiger partial charge on any atom is -1.00 e. The van der Waals surface area contributed by atoms with Gasteiger partial charge in [-0.15, -0.1) is 0 Å². The molecule has 2 atom stereocenters. The van der Waals surface area contributed by atoms with Crippen LogP contribution in [-0.4, -0.2) is 25.0 Å². The molecule has 0 N–H and O–H groups in total. The number of rotatable bonds is 6. The van der Waals surface area contributed by atoms with Crippen LogP contribution in [0.1, 0.15) is 54.5 Å². The van der Waals surface area contributed by atoms with Gasteiger partial charge in [0.2, 0.25) is 0 Å². The fourth-order valence-electron chi connectivity index (χ4n) is 9.35. The number of benzene rings is 6. The number of hydrogen-bond acceptors (Lipinski definition) is 2. The molecule has 0 saturated carbocycles. The number of hydrogen-bond donors (Lipinski definition) is 0. The van der Waals surface area contributed by atoms with Crippen molar-refractivity contribution in [2.75, 3.05) is 0 Å². The third kappa shape index (κ3) is 6.72. The van der Waals surface area contributed by atoms with Gasteiger partial charge in [0.05, 0.1) is 0 Å². The zero-order chi connectivity index (χ0) is 38.2. The van der Waals surface area contributed by atoms with Crippen molar-refractivity contribution in [1.29, 1.82) is 0 Å². The number of allylic oxidation sites excluding steroid dienone is 2. The Morgan fingerprint density at radius 1 is 0.517 bits per heavy atom. The quantitative estimate of drug-likeness (QED) is 0.172. The van der Waals surface area contributed by atoms with E-state index in [2.05, 4.69) is 184 Å². The zero-order valence-corrected chi connectivity index (χ0v) is 38.5.